The van der Waals surface area contributed by atoms with E-state index >= 15 is 0 Å². The molecule has 2 aliphatic carbocycles. The zero-order chi connectivity index (χ0) is 12.5. The van der Waals surface area contributed by atoms with Gasteiger partial charge in [-0.1, -0.05) is 0 Å². The van der Waals surface area contributed by atoms with E-state index in [1.54, 1.807) is 6.07 Å². The van der Waals surface area contributed by atoms with Crippen LogP contribution in [0.1, 0.15) is 37.3 Å². The number of rotatable bonds is 3. The lowest BCUT2D eigenvalue weighted by Gasteiger charge is -2.31. The van der Waals surface area contributed by atoms with Crippen LogP contribution in [-0.2, 0) is 0 Å². The van der Waals surface area contributed by atoms with E-state index in [4.69, 9.17) is 5.11 Å². The Bertz CT molecular complexity index is 438. The molecular weight excluding hydrogens is 232 g/mol. The maximum absolute atomic E-state index is 11.6. The van der Waals surface area contributed by atoms with Crippen LogP contribution in [0.25, 0.3) is 0 Å². The second-order valence-electron chi connectivity index (χ2n) is 5.04. The maximum Gasteiger partial charge on any atom is 0.320 e. The number of nitrogens with one attached hydrogen (secondary N) is 2. The third kappa shape index (κ3) is 2.59. The topological polar surface area (TPSA) is 87.1 Å². The molecule has 3 rings (SSSR count). The minimum Gasteiger partial charge on any atom is -0.393 e. The third-order valence-corrected chi connectivity index (χ3v) is 3.37. The molecule has 2 aliphatic rings. The number of aliphatic hydroxyl groups excluding tert-OH is 1. The van der Waals surface area contributed by atoms with E-state index < -0.39 is 0 Å². The number of hydrogen-bond acceptors (Lipinski definition) is 4. The Balaban J connectivity index is 1.50. The van der Waals surface area contributed by atoms with Gasteiger partial charge in [-0.2, -0.15) is 5.10 Å². The quantitative estimate of drug-likeness (QED) is 0.744. The van der Waals surface area contributed by atoms with Crippen LogP contribution in [-0.4, -0.2) is 33.5 Å². The first-order chi connectivity index (χ1) is 8.70. The first-order valence-electron chi connectivity index (χ1n) is 6.30. The monoisotopic (exact) mass is 248 g/mol. The summed E-state index contributed by atoms with van der Waals surface area (Å²) >= 11 is 0. The Hall–Kier alpha value is -1.69. The molecule has 0 saturated heterocycles. The lowest BCUT2D eigenvalue weighted by Crippen LogP contribution is -2.48. The van der Waals surface area contributed by atoms with E-state index in [0.29, 0.717) is 24.6 Å². The molecule has 0 atom stereocenters. The standard InChI is InChI=1S/C12H16N4O2/c17-9-5-8(6-9)13-12(18)14-11-4-3-10(15-16-11)7-1-2-7/h3-4,7-9,17H,1-2,5-6H2,(H2,13,14,16,18). The van der Waals surface area contributed by atoms with Gasteiger partial charge in [-0.25, -0.2) is 4.79 Å². The van der Waals surface area contributed by atoms with E-state index in [9.17, 15) is 4.79 Å². The van der Waals surface area contributed by atoms with E-state index in [2.05, 4.69) is 20.8 Å². The number of aliphatic hydroxyl groups is 1. The van der Waals surface area contributed by atoms with Gasteiger partial charge in [0.2, 0.25) is 0 Å². The van der Waals surface area contributed by atoms with Crippen LogP contribution in [0, 0.1) is 0 Å². The fraction of sp³-hybridized carbons (Fsp3) is 0.583. The van der Waals surface area contributed by atoms with Crippen LogP contribution < -0.4 is 10.6 Å². The second-order valence-corrected chi connectivity index (χ2v) is 5.04. The first kappa shape index (κ1) is 11.4. The predicted octanol–water partition coefficient (Wildman–Crippen LogP) is 0.999. The third-order valence-electron chi connectivity index (χ3n) is 3.37. The number of hydrogen-bond donors (Lipinski definition) is 3. The first-order valence-corrected chi connectivity index (χ1v) is 6.30. The molecule has 0 aliphatic heterocycles. The van der Waals surface area contributed by atoms with Gasteiger partial charge in [0.25, 0.3) is 0 Å². The Morgan fingerprint density at radius 1 is 1.28 bits per heavy atom. The predicted molar refractivity (Wildman–Crippen MR) is 65.2 cm³/mol. The molecule has 96 valence electrons. The van der Waals surface area contributed by atoms with Crippen LogP contribution in [0.2, 0.25) is 0 Å². The van der Waals surface area contributed by atoms with Crippen molar-refractivity contribution in [3.8, 4) is 0 Å². The zero-order valence-corrected chi connectivity index (χ0v) is 9.97. The Morgan fingerprint density at radius 3 is 2.61 bits per heavy atom. The molecule has 1 heterocycles. The van der Waals surface area contributed by atoms with Crippen molar-refractivity contribution in [2.45, 2.75) is 43.7 Å². The van der Waals surface area contributed by atoms with Crippen molar-refractivity contribution < 1.29 is 9.90 Å². The number of anilines is 1. The molecule has 6 heteroatoms. The van der Waals surface area contributed by atoms with E-state index in [0.717, 1.165) is 5.69 Å². The molecule has 18 heavy (non-hydrogen) atoms. The van der Waals surface area contributed by atoms with Crippen molar-refractivity contribution in [3.05, 3.63) is 17.8 Å². The van der Waals surface area contributed by atoms with E-state index in [-0.39, 0.29) is 18.2 Å². The van der Waals surface area contributed by atoms with Crippen molar-refractivity contribution in [3.63, 3.8) is 0 Å². The summed E-state index contributed by atoms with van der Waals surface area (Å²) in [7, 11) is 0. The second kappa shape index (κ2) is 4.53. The lowest BCUT2D eigenvalue weighted by atomic mass is 9.90. The van der Waals surface area contributed by atoms with E-state index in [1.807, 2.05) is 6.07 Å². The fourth-order valence-electron chi connectivity index (χ4n) is 2.05. The summed E-state index contributed by atoms with van der Waals surface area (Å²) in [6.45, 7) is 0. The summed E-state index contributed by atoms with van der Waals surface area (Å²) in [5.74, 6) is 1.02. The average Bonchev–Trinajstić information content (AvgIpc) is 3.12. The molecule has 1 aromatic heterocycles. The summed E-state index contributed by atoms with van der Waals surface area (Å²) in [5.41, 5.74) is 1.00. The molecule has 2 saturated carbocycles. The average molecular weight is 248 g/mol. The SMILES string of the molecule is O=C(Nc1ccc(C2CC2)nn1)NC1CC(O)C1. The molecule has 6 nitrogen and oxygen atoms in total. The van der Waals surface area contributed by atoms with Gasteiger partial charge in [0.05, 0.1) is 11.8 Å². The molecule has 1 aromatic rings. The molecule has 2 fully saturated rings. The van der Waals surface area contributed by atoms with Crippen molar-refractivity contribution in [1.29, 1.82) is 0 Å². The number of urea groups is 1. The Kier molecular flexibility index (Phi) is 2.87. The normalized spacial score (nSPS) is 26.3. The molecule has 0 bridgehead atoms. The van der Waals surface area contributed by atoms with Crippen LogP contribution >= 0.6 is 0 Å². The molecule has 0 spiro atoms. The molecule has 0 aromatic carbocycles. The largest absolute Gasteiger partial charge is 0.393 e. The Morgan fingerprint density at radius 2 is 2.06 bits per heavy atom. The van der Waals surface area contributed by atoms with Gasteiger partial charge in [-0.05, 0) is 37.8 Å². The van der Waals surface area contributed by atoms with Gasteiger partial charge in [0.1, 0.15) is 0 Å². The number of aromatic nitrogens is 2. The highest BCUT2D eigenvalue weighted by atomic mass is 16.3. The van der Waals surface area contributed by atoms with Gasteiger partial charge < -0.3 is 10.4 Å². The summed E-state index contributed by atoms with van der Waals surface area (Å²) in [5, 5.41) is 22.6. The minimum absolute atomic E-state index is 0.0682. The smallest absolute Gasteiger partial charge is 0.320 e. The molecule has 2 amide bonds. The number of nitrogens with zero attached hydrogens (tertiary/aromatic N) is 2. The van der Waals surface area contributed by atoms with Gasteiger partial charge in [0.15, 0.2) is 5.82 Å². The van der Waals surface area contributed by atoms with Gasteiger partial charge in [-0.15, -0.1) is 5.10 Å². The number of carbonyl (C=O) groups excluding carboxylic acids is 1. The highest BCUT2D eigenvalue weighted by Crippen LogP contribution is 2.38. The van der Waals surface area contributed by atoms with Crippen molar-refractivity contribution >= 4 is 11.8 Å². The lowest BCUT2D eigenvalue weighted by molar-refractivity contribution is 0.0671. The van der Waals surface area contributed by atoms with Crippen LogP contribution in [0.3, 0.4) is 0 Å². The molecule has 0 radical (unpaired) electrons. The van der Waals surface area contributed by atoms with Crippen molar-refractivity contribution in [2.24, 2.45) is 0 Å². The van der Waals surface area contributed by atoms with Crippen LogP contribution in [0.5, 0.6) is 0 Å². The number of amides is 2. The van der Waals surface area contributed by atoms with Gasteiger partial charge >= 0.3 is 6.03 Å². The highest BCUT2D eigenvalue weighted by Gasteiger charge is 2.28. The van der Waals surface area contributed by atoms with Crippen molar-refractivity contribution in [1.82, 2.24) is 15.5 Å². The van der Waals surface area contributed by atoms with E-state index in [1.165, 1.54) is 12.8 Å². The Labute approximate surface area is 105 Å². The molecular formula is C12H16N4O2. The molecule has 3 N–H and O–H groups in total. The number of carbonyl (C=O) groups is 1. The fourth-order valence-corrected chi connectivity index (χ4v) is 2.05. The summed E-state index contributed by atoms with van der Waals surface area (Å²) < 4.78 is 0. The van der Waals surface area contributed by atoms with Crippen LogP contribution in [0.4, 0.5) is 10.6 Å². The zero-order valence-electron chi connectivity index (χ0n) is 9.97. The summed E-state index contributed by atoms with van der Waals surface area (Å²) in [4.78, 5) is 11.6. The van der Waals surface area contributed by atoms with Gasteiger partial charge in [-0.3, -0.25) is 5.32 Å². The highest BCUT2D eigenvalue weighted by molar-refractivity contribution is 5.88. The molecule has 0 unspecified atom stereocenters. The van der Waals surface area contributed by atoms with Gasteiger partial charge in [0, 0.05) is 12.0 Å². The van der Waals surface area contributed by atoms with Crippen LogP contribution in [0.15, 0.2) is 12.1 Å². The summed E-state index contributed by atoms with van der Waals surface area (Å²) in [6, 6.07) is 3.46. The summed E-state index contributed by atoms with van der Waals surface area (Å²) in [6.07, 6.45) is 3.35. The minimum atomic E-state index is -0.291. The van der Waals surface area contributed by atoms with Crippen molar-refractivity contribution in [2.75, 3.05) is 5.32 Å². The maximum atomic E-state index is 11.6.